The number of rotatable bonds is 2. The summed E-state index contributed by atoms with van der Waals surface area (Å²) < 4.78 is 5.26. The minimum absolute atomic E-state index is 0.0892. The van der Waals surface area contributed by atoms with E-state index in [1.807, 2.05) is 13.0 Å². The number of ether oxygens (including phenoxy) is 1. The summed E-state index contributed by atoms with van der Waals surface area (Å²) in [6.07, 6.45) is 1.29. The Hall–Kier alpha value is -1.55. The molecule has 0 aliphatic carbocycles. The summed E-state index contributed by atoms with van der Waals surface area (Å²) in [7, 11) is 0. The van der Waals surface area contributed by atoms with Gasteiger partial charge in [0.2, 0.25) is 0 Å². The first-order chi connectivity index (χ1) is 7.66. The molecule has 1 atom stereocenters. The van der Waals surface area contributed by atoms with E-state index in [9.17, 15) is 9.90 Å². The molecule has 0 aromatic heterocycles. The summed E-state index contributed by atoms with van der Waals surface area (Å²) in [6, 6.07) is 5.15. The van der Waals surface area contributed by atoms with Crippen molar-refractivity contribution in [2.45, 2.75) is 25.9 Å². The van der Waals surface area contributed by atoms with Crippen LogP contribution in [0.5, 0.6) is 5.75 Å². The van der Waals surface area contributed by atoms with E-state index >= 15 is 0 Å². The normalized spacial score (nSPS) is 19.7. The molecule has 1 aromatic rings. The zero-order valence-electron chi connectivity index (χ0n) is 9.19. The topological polar surface area (TPSA) is 58.6 Å². The Morgan fingerprint density at radius 1 is 1.56 bits per heavy atom. The van der Waals surface area contributed by atoms with Crippen molar-refractivity contribution in [1.29, 1.82) is 0 Å². The second-order valence-corrected chi connectivity index (χ2v) is 4.01. The maximum absolute atomic E-state index is 11.7. The van der Waals surface area contributed by atoms with Gasteiger partial charge in [0.05, 0.1) is 5.69 Å². The zero-order valence-corrected chi connectivity index (χ0v) is 9.19. The standard InChI is InChI=1S/C12H15NO3/c1-8-4-5-9(10(14)7-8)13-12(15)11-3-2-6-16-11/h4-5,7,11,14H,2-3,6H2,1H3,(H,13,15). The van der Waals surface area contributed by atoms with E-state index in [1.54, 1.807) is 12.1 Å². The van der Waals surface area contributed by atoms with Crippen LogP contribution in [0.1, 0.15) is 18.4 Å². The highest BCUT2D eigenvalue weighted by molar-refractivity contribution is 5.95. The molecule has 1 fully saturated rings. The summed E-state index contributed by atoms with van der Waals surface area (Å²) in [4.78, 5) is 11.7. The molecule has 86 valence electrons. The highest BCUT2D eigenvalue weighted by atomic mass is 16.5. The van der Waals surface area contributed by atoms with E-state index in [0.717, 1.165) is 18.4 Å². The van der Waals surface area contributed by atoms with Crippen LogP contribution in [0.2, 0.25) is 0 Å². The molecule has 1 saturated heterocycles. The molecule has 1 amide bonds. The number of anilines is 1. The minimum atomic E-state index is -0.374. The summed E-state index contributed by atoms with van der Waals surface area (Å²) in [5.74, 6) is -0.0944. The average Bonchev–Trinajstić information content (AvgIpc) is 2.75. The number of amides is 1. The van der Waals surface area contributed by atoms with Crippen LogP contribution in [0.4, 0.5) is 5.69 Å². The molecule has 0 radical (unpaired) electrons. The lowest BCUT2D eigenvalue weighted by Gasteiger charge is -2.11. The third kappa shape index (κ3) is 2.33. The summed E-state index contributed by atoms with van der Waals surface area (Å²) in [5, 5.41) is 12.3. The van der Waals surface area contributed by atoms with Gasteiger partial charge in [-0.25, -0.2) is 0 Å². The van der Waals surface area contributed by atoms with Gasteiger partial charge in [0, 0.05) is 6.61 Å². The van der Waals surface area contributed by atoms with Crippen molar-refractivity contribution in [2.75, 3.05) is 11.9 Å². The number of nitrogens with one attached hydrogen (secondary N) is 1. The van der Waals surface area contributed by atoms with Gasteiger partial charge in [0.25, 0.3) is 5.91 Å². The summed E-state index contributed by atoms with van der Waals surface area (Å²) in [6.45, 7) is 2.52. The predicted molar refractivity (Wildman–Crippen MR) is 60.4 cm³/mol. The van der Waals surface area contributed by atoms with Crippen LogP contribution >= 0.6 is 0 Å². The Labute approximate surface area is 94.2 Å². The lowest BCUT2D eigenvalue weighted by Crippen LogP contribution is -2.26. The Morgan fingerprint density at radius 2 is 2.38 bits per heavy atom. The Kier molecular flexibility index (Phi) is 3.10. The number of aromatic hydroxyl groups is 1. The fourth-order valence-corrected chi connectivity index (χ4v) is 1.75. The van der Waals surface area contributed by atoms with Crippen molar-refractivity contribution in [3.63, 3.8) is 0 Å². The largest absolute Gasteiger partial charge is 0.506 e. The summed E-state index contributed by atoms with van der Waals surface area (Å²) in [5.41, 5.74) is 1.39. The van der Waals surface area contributed by atoms with E-state index in [1.165, 1.54) is 0 Å². The van der Waals surface area contributed by atoms with E-state index < -0.39 is 0 Å². The van der Waals surface area contributed by atoms with Crippen molar-refractivity contribution in [1.82, 2.24) is 0 Å². The number of phenolic OH excluding ortho intramolecular Hbond substituents is 1. The van der Waals surface area contributed by atoms with Gasteiger partial charge in [-0.3, -0.25) is 4.79 Å². The lowest BCUT2D eigenvalue weighted by atomic mass is 10.2. The van der Waals surface area contributed by atoms with Gasteiger partial charge >= 0.3 is 0 Å². The number of hydrogen-bond acceptors (Lipinski definition) is 3. The first kappa shape index (κ1) is 11.0. The van der Waals surface area contributed by atoms with Crippen molar-refractivity contribution in [3.05, 3.63) is 23.8 Å². The molecule has 1 aromatic carbocycles. The van der Waals surface area contributed by atoms with Crippen LogP contribution in [0.3, 0.4) is 0 Å². The van der Waals surface area contributed by atoms with Crippen molar-refractivity contribution >= 4 is 11.6 Å². The van der Waals surface area contributed by atoms with Crippen molar-refractivity contribution < 1.29 is 14.6 Å². The third-order valence-corrected chi connectivity index (χ3v) is 2.63. The van der Waals surface area contributed by atoms with Crippen LogP contribution in [0.25, 0.3) is 0 Å². The van der Waals surface area contributed by atoms with Gasteiger partial charge in [-0.15, -0.1) is 0 Å². The monoisotopic (exact) mass is 221 g/mol. The van der Waals surface area contributed by atoms with E-state index in [0.29, 0.717) is 12.3 Å². The van der Waals surface area contributed by atoms with Gasteiger partial charge in [0.1, 0.15) is 11.9 Å². The molecule has 2 N–H and O–H groups in total. The molecule has 16 heavy (non-hydrogen) atoms. The van der Waals surface area contributed by atoms with E-state index in [4.69, 9.17) is 4.74 Å². The number of benzene rings is 1. The van der Waals surface area contributed by atoms with Crippen LogP contribution in [0, 0.1) is 6.92 Å². The van der Waals surface area contributed by atoms with Crippen molar-refractivity contribution in [3.8, 4) is 5.75 Å². The first-order valence-electron chi connectivity index (χ1n) is 5.39. The van der Waals surface area contributed by atoms with Crippen molar-refractivity contribution in [2.24, 2.45) is 0 Å². The van der Waals surface area contributed by atoms with E-state index in [-0.39, 0.29) is 17.8 Å². The molecular weight excluding hydrogens is 206 g/mol. The maximum Gasteiger partial charge on any atom is 0.253 e. The number of carbonyl (C=O) groups is 1. The smallest absolute Gasteiger partial charge is 0.253 e. The third-order valence-electron chi connectivity index (χ3n) is 2.63. The Balaban J connectivity index is 2.05. The van der Waals surface area contributed by atoms with E-state index in [2.05, 4.69) is 5.32 Å². The number of aryl methyl sites for hydroxylation is 1. The molecule has 0 bridgehead atoms. The number of phenols is 1. The average molecular weight is 221 g/mol. The number of carbonyl (C=O) groups excluding carboxylic acids is 1. The van der Waals surface area contributed by atoms with Gasteiger partial charge in [-0.1, -0.05) is 6.07 Å². The lowest BCUT2D eigenvalue weighted by molar-refractivity contribution is -0.124. The second-order valence-electron chi connectivity index (χ2n) is 4.01. The molecule has 2 rings (SSSR count). The van der Waals surface area contributed by atoms with Crippen LogP contribution < -0.4 is 5.32 Å². The zero-order chi connectivity index (χ0) is 11.5. The van der Waals surface area contributed by atoms with Gasteiger partial charge in [-0.2, -0.15) is 0 Å². The molecule has 1 unspecified atom stereocenters. The first-order valence-corrected chi connectivity index (χ1v) is 5.39. The quantitative estimate of drug-likeness (QED) is 0.749. The molecule has 4 nitrogen and oxygen atoms in total. The number of hydrogen-bond donors (Lipinski definition) is 2. The van der Waals surface area contributed by atoms with Gasteiger partial charge in [-0.05, 0) is 37.5 Å². The highest BCUT2D eigenvalue weighted by Crippen LogP contribution is 2.25. The van der Waals surface area contributed by atoms with Gasteiger partial charge < -0.3 is 15.2 Å². The summed E-state index contributed by atoms with van der Waals surface area (Å²) >= 11 is 0. The van der Waals surface area contributed by atoms with Crippen LogP contribution in [-0.2, 0) is 9.53 Å². The fourth-order valence-electron chi connectivity index (χ4n) is 1.75. The van der Waals surface area contributed by atoms with Crippen LogP contribution in [0.15, 0.2) is 18.2 Å². The molecule has 0 spiro atoms. The molecule has 1 aliphatic rings. The fraction of sp³-hybridized carbons (Fsp3) is 0.417. The highest BCUT2D eigenvalue weighted by Gasteiger charge is 2.23. The van der Waals surface area contributed by atoms with Gasteiger partial charge in [0.15, 0.2) is 0 Å². The van der Waals surface area contributed by atoms with Crippen LogP contribution in [-0.4, -0.2) is 23.7 Å². The maximum atomic E-state index is 11.7. The molecule has 1 heterocycles. The molecule has 4 heteroatoms. The second kappa shape index (κ2) is 4.53. The molecule has 1 aliphatic heterocycles. The predicted octanol–water partition coefficient (Wildman–Crippen LogP) is 1.82. The SMILES string of the molecule is Cc1ccc(NC(=O)C2CCCO2)c(O)c1. The molecule has 0 saturated carbocycles. The molecular formula is C12H15NO3. The Morgan fingerprint density at radius 3 is 3.00 bits per heavy atom. The Bertz CT molecular complexity index is 397. The minimum Gasteiger partial charge on any atom is -0.506 e.